The fraction of sp³-hybridized carbons (Fsp3) is 0.959. The maximum atomic E-state index is 12.9. The van der Waals surface area contributed by atoms with Gasteiger partial charge in [-0.2, -0.15) is 0 Å². The number of hydrogen-bond donors (Lipinski definition) is 1. The van der Waals surface area contributed by atoms with Gasteiger partial charge >= 0.3 is 19.8 Å². The van der Waals surface area contributed by atoms with Gasteiger partial charge in [-0.3, -0.25) is 23.6 Å². The van der Waals surface area contributed by atoms with Gasteiger partial charge in [-0.25, -0.2) is 4.57 Å². The van der Waals surface area contributed by atoms with Gasteiger partial charge in [-0.15, -0.1) is 0 Å². The summed E-state index contributed by atoms with van der Waals surface area (Å²) >= 11 is 0. The van der Waals surface area contributed by atoms with E-state index in [-0.39, 0.29) is 45.8 Å². The minimum Gasteiger partial charge on any atom is -0.598 e. The van der Waals surface area contributed by atoms with Crippen molar-refractivity contribution in [2.45, 2.75) is 225 Å². The van der Waals surface area contributed by atoms with Crippen LogP contribution in [0.5, 0.6) is 0 Å². The number of aliphatic imine (C=N–C) groups is 1. The van der Waals surface area contributed by atoms with Crippen LogP contribution in [-0.2, 0) is 108 Å². The Balaban J connectivity index is 3.98. The van der Waals surface area contributed by atoms with Crippen molar-refractivity contribution in [1.29, 1.82) is 0 Å². The first-order valence-corrected chi connectivity index (χ1v) is 40.1. The van der Waals surface area contributed by atoms with Gasteiger partial charge in [-0.05, 0) is 12.8 Å². The van der Waals surface area contributed by atoms with Crippen LogP contribution in [0.25, 0.3) is 0 Å². The number of phosphoric acid groups is 1. The van der Waals surface area contributed by atoms with Crippen LogP contribution in [0, 0.1) is 0 Å². The summed E-state index contributed by atoms with van der Waals surface area (Å²) in [6.07, 6.45) is 34.7. The number of nitrogens with zero attached hydrogens (tertiary/aromatic N) is 1. The number of methoxy groups -OCH3 is 1. The van der Waals surface area contributed by atoms with Crippen LogP contribution in [0.4, 0.5) is 0 Å². The molecule has 0 bridgehead atoms. The molecule has 1 unspecified atom stereocenters. The highest BCUT2D eigenvalue weighted by Gasteiger charge is 2.26. The molecule has 0 heterocycles. The molecule has 2 atom stereocenters. The summed E-state index contributed by atoms with van der Waals surface area (Å²) in [7, 11) is -3.04. The smallest absolute Gasteiger partial charge is 0.472 e. The molecule has 0 aliphatic heterocycles. The third kappa shape index (κ3) is 83.0. The Hall–Kier alpha value is -2.28. The molecule has 0 rings (SSSR count). The van der Waals surface area contributed by atoms with E-state index in [2.05, 4.69) is 18.8 Å². The first-order valence-electron chi connectivity index (χ1n) is 38.6. The summed E-state index contributed by atoms with van der Waals surface area (Å²) in [5, 5.41) is 12.1. The van der Waals surface area contributed by atoms with Crippen molar-refractivity contribution in [1.82, 2.24) is 0 Å². The average Bonchev–Trinajstić information content (AvgIpc) is 1.04. The largest absolute Gasteiger partial charge is 0.598 e. The lowest BCUT2D eigenvalue weighted by Crippen LogP contribution is -2.29. The minimum atomic E-state index is -4.68. The van der Waals surface area contributed by atoms with Gasteiger partial charge in [0.2, 0.25) is 0 Å². The van der Waals surface area contributed by atoms with E-state index in [1.807, 2.05) is 0 Å². The lowest BCUT2D eigenvalue weighted by atomic mass is 10.0. The van der Waals surface area contributed by atoms with Crippen LogP contribution in [0.1, 0.15) is 219 Å². The Morgan fingerprint density at radius 1 is 0.320 bits per heavy atom. The molecule has 0 saturated heterocycles. The first kappa shape index (κ1) is 97.7. The highest BCUT2D eigenvalue weighted by molar-refractivity contribution is 7.47. The zero-order valence-corrected chi connectivity index (χ0v) is 63.8. The predicted octanol–water partition coefficient (Wildman–Crippen LogP) is 11.7. The Morgan fingerprint density at radius 2 is 0.570 bits per heavy atom. The second-order valence-electron chi connectivity index (χ2n) is 24.4. The van der Waals surface area contributed by atoms with Gasteiger partial charge in [0, 0.05) is 26.6 Å². The Morgan fingerprint density at radius 3 is 0.850 bits per heavy atom. The molecule has 0 aromatic carbocycles. The van der Waals surface area contributed by atoms with Gasteiger partial charge in [0.1, 0.15) is 12.7 Å². The molecular formula is C73H143NO25P-. The van der Waals surface area contributed by atoms with Crippen LogP contribution >= 0.6 is 7.82 Å². The van der Waals surface area contributed by atoms with Crippen molar-refractivity contribution < 1.29 is 118 Å². The van der Waals surface area contributed by atoms with Crippen LogP contribution < -0.4 is 5.11 Å². The molecule has 0 aromatic rings. The standard InChI is InChI=1S/C73H144NO25P/c1-4-6-8-10-12-14-16-18-20-22-24-26-28-30-32-34-71(75)96-68-70(99-72(76)35-33-31-29-27-25-23-21-19-17-15-13-11-9-7-5-2)69-98-100(78,79)97-37-36-74-73(77)95-67-66-94-65-64-93-63-62-92-61-60-91-59-58-90-57-56-89-55-54-88-53-52-87-51-50-86-49-48-85-47-46-84-45-44-83-43-42-82-41-40-81-39-38-80-3/h70H,4-69H2,1-3H3,(H,74,77)(H,78,79)/p-1/t70-/m1/s1. The van der Waals surface area contributed by atoms with Gasteiger partial charge in [0.25, 0.3) is 0 Å². The third-order valence-electron chi connectivity index (χ3n) is 15.4. The zero-order valence-electron chi connectivity index (χ0n) is 62.9. The lowest BCUT2D eigenvalue weighted by Gasteiger charge is -2.20. The number of ether oxygens (including phenoxy) is 18. The molecule has 0 fully saturated rings. The first-order chi connectivity index (χ1) is 49.2. The molecule has 0 spiro atoms. The lowest BCUT2D eigenvalue weighted by molar-refractivity contribution is -0.251. The summed E-state index contributed by atoms with van der Waals surface area (Å²) < 4.78 is 121. The quantitative estimate of drug-likeness (QED) is 0.0194. The molecule has 1 N–H and O–H groups in total. The van der Waals surface area contributed by atoms with Crippen molar-refractivity contribution in [2.24, 2.45) is 4.99 Å². The third-order valence-corrected chi connectivity index (χ3v) is 16.4. The number of esters is 2. The maximum Gasteiger partial charge on any atom is 0.472 e. The van der Waals surface area contributed by atoms with E-state index in [1.165, 1.54) is 141 Å². The van der Waals surface area contributed by atoms with Crippen molar-refractivity contribution in [3.8, 4) is 0 Å². The Kier molecular flexibility index (Phi) is 82.1. The fourth-order valence-corrected chi connectivity index (χ4v) is 10.5. The van der Waals surface area contributed by atoms with E-state index in [0.717, 1.165) is 38.5 Å². The molecule has 0 aliphatic rings. The van der Waals surface area contributed by atoms with E-state index < -0.39 is 45.2 Å². The number of unbranched alkanes of at least 4 members (excludes halogenated alkanes) is 28. The molecule has 0 aromatic heterocycles. The second kappa shape index (κ2) is 84.0. The van der Waals surface area contributed by atoms with Crippen molar-refractivity contribution >= 4 is 25.8 Å². The summed E-state index contributed by atoms with van der Waals surface area (Å²) in [6.45, 7) is 15.9. The molecule has 0 saturated carbocycles. The minimum absolute atomic E-state index is 0.0653. The molecule has 100 heavy (non-hydrogen) atoms. The maximum absolute atomic E-state index is 12.9. The summed E-state index contributed by atoms with van der Waals surface area (Å²) in [5.41, 5.74) is 0. The molecule has 0 aliphatic carbocycles. The van der Waals surface area contributed by atoms with Crippen LogP contribution in [0.3, 0.4) is 0 Å². The van der Waals surface area contributed by atoms with E-state index in [1.54, 1.807) is 7.11 Å². The van der Waals surface area contributed by atoms with E-state index in [9.17, 15) is 24.2 Å². The molecule has 596 valence electrons. The number of carbonyl (C=O) groups is 2. The highest BCUT2D eigenvalue weighted by atomic mass is 31.2. The summed E-state index contributed by atoms with van der Waals surface area (Å²) in [4.78, 5) is 39.7. The zero-order chi connectivity index (χ0) is 72.3. The van der Waals surface area contributed by atoms with Gasteiger partial charge in [0.05, 0.1) is 211 Å². The van der Waals surface area contributed by atoms with Gasteiger partial charge < -0.3 is 95.3 Å². The van der Waals surface area contributed by atoms with Crippen molar-refractivity contribution in [3.05, 3.63) is 0 Å². The van der Waals surface area contributed by atoms with Gasteiger partial charge in [-0.1, -0.05) is 194 Å². The SMILES string of the molecule is CCCCCCCCCCCCCCCCCC(=O)OC[C@H](COP(=O)(O)OCCN=C([O-])OCCOCCOCCOCCOCCOCCOCCOCCOCCOCCOCCOCCOCCOCCOCCOC)OC(=O)CCCCCCCCCCCCCCCCC. The molecule has 27 heteroatoms. The predicted molar refractivity (Wildman–Crippen MR) is 383 cm³/mol. The summed E-state index contributed by atoms with van der Waals surface area (Å²) in [6, 6.07) is 0. The second-order valence-corrected chi connectivity index (χ2v) is 25.8. The Labute approximate surface area is 604 Å². The highest BCUT2D eigenvalue weighted by Crippen LogP contribution is 2.43. The van der Waals surface area contributed by atoms with Gasteiger partial charge in [0.15, 0.2) is 6.10 Å². The monoisotopic (exact) mass is 1460 g/mol. The molecule has 0 radical (unpaired) electrons. The summed E-state index contributed by atoms with van der Waals surface area (Å²) in [5.74, 6) is -0.939. The average molecular weight is 1470 g/mol. The van der Waals surface area contributed by atoms with Crippen molar-refractivity contribution in [3.63, 3.8) is 0 Å². The number of rotatable bonds is 87. The van der Waals surface area contributed by atoms with Crippen LogP contribution in [0.15, 0.2) is 4.99 Å². The number of phosphoric ester groups is 1. The molecule has 26 nitrogen and oxygen atoms in total. The van der Waals surface area contributed by atoms with E-state index in [0.29, 0.717) is 191 Å². The number of hydrogen-bond acceptors (Lipinski definition) is 25. The Bertz CT molecular complexity index is 1720. The number of carbonyl (C=O) groups excluding carboxylic acids is 2. The normalized spacial score (nSPS) is 12.8. The topological polar surface area (TPSA) is 291 Å². The molecule has 0 amide bonds. The molecular weight excluding hydrogens is 1320 g/mol. The van der Waals surface area contributed by atoms with Crippen LogP contribution in [-0.4, -0.2) is 261 Å². The van der Waals surface area contributed by atoms with E-state index >= 15 is 0 Å². The fourth-order valence-electron chi connectivity index (χ4n) is 9.74. The van der Waals surface area contributed by atoms with Crippen LogP contribution in [0.2, 0.25) is 0 Å². The van der Waals surface area contributed by atoms with Crippen molar-refractivity contribution in [2.75, 3.05) is 232 Å². The van der Waals surface area contributed by atoms with E-state index in [4.69, 9.17) is 94.3 Å².